The van der Waals surface area contributed by atoms with Crippen LogP contribution < -0.4 is 0 Å². The number of hydrogen-bond donors (Lipinski definition) is 4. The maximum atomic E-state index is 12.7. The van der Waals surface area contributed by atoms with E-state index in [-0.39, 0.29) is 18.0 Å². The molecule has 174 valence electrons. The molecule has 3 heterocycles. The molecule has 3 rings (SSSR count). The zero-order valence-electron chi connectivity index (χ0n) is 17.7. The minimum Gasteiger partial charge on any atom is -0.388 e. The number of rotatable bonds is 8. The number of halogens is 1. The van der Waals surface area contributed by atoms with Crippen molar-refractivity contribution in [3.63, 3.8) is 0 Å². The van der Waals surface area contributed by atoms with Crippen molar-refractivity contribution in [2.75, 3.05) is 0 Å². The van der Waals surface area contributed by atoms with Crippen molar-refractivity contribution in [3.05, 3.63) is 17.8 Å². The molecule has 13 heteroatoms. The molecule has 7 atom stereocenters. The Kier molecular flexibility index (Phi) is 6.82. The topological polar surface area (TPSA) is 160 Å². The van der Waals surface area contributed by atoms with E-state index in [1.165, 1.54) is 24.1 Å². The Morgan fingerprint density at radius 2 is 1.90 bits per heavy atom. The molecule has 0 saturated carbocycles. The Bertz CT molecular complexity index is 989. The quantitative estimate of drug-likeness (QED) is 0.326. The van der Waals surface area contributed by atoms with E-state index in [1.54, 1.807) is 20.8 Å². The molecular weight excluding hydrogens is 451 g/mol. The van der Waals surface area contributed by atoms with Crippen LogP contribution in [0.5, 0.6) is 0 Å². The third kappa shape index (κ3) is 4.51. The predicted octanol–water partition coefficient (Wildman–Crippen LogP) is 1.98. The van der Waals surface area contributed by atoms with Crippen LogP contribution in [0.4, 0.5) is 0 Å². The van der Waals surface area contributed by atoms with E-state index in [1.807, 2.05) is 0 Å². The molecule has 1 saturated heterocycles. The zero-order chi connectivity index (χ0) is 23.2. The van der Waals surface area contributed by atoms with E-state index in [2.05, 4.69) is 15.0 Å². The summed E-state index contributed by atoms with van der Waals surface area (Å²) in [7, 11) is -4.42. The molecular formula is C18H28ClN4O7P. The number of hydrogen-bond acceptors (Lipinski definition) is 9. The van der Waals surface area contributed by atoms with E-state index >= 15 is 0 Å². The first kappa shape index (κ1) is 24.5. The second-order valence-electron chi connectivity index (χ2n) is 8.22. The highest BCUT2D eigenvalue weighted by Gasteiger charge is 2.50. The molecule has 0 bridgehead atoms. The van der Waals surface area contributed by atoms with Crippen molar-refractivity contribution in [2.24, 2.45) is 0 Å². The summed E-state index contributed by atoms with van der Waals surface area (Å²) in [5, 5.41) is 29.7. The highest BCUT2D eigenvalue weighted by Crippen LogP contribution is 2.59. The van der Waals surface area contributed by atoms with Crippen LogP contribution in [0.25, 0.3) is 11.2 Å². The first-order valence-electron chi connectivity index (χ1n) is 9.96. The van der Waals surface area contributed by atoms with Gasteiger partial charge in [-0.05, 0) is 26.7 Å². The minimum absolute atomic E-state index is 0.00899. The van der Waals surface area contributed by atoms with Crippen LogP contribution in [0.15, 0.2) is 12.7 Å². The molecule has 31 heavy (non-hydrogen) atoms. The lowest BCUT2D eigenvalue weighted by molar-refractivity contribution is -0.0689. The van der Waals surface area contributed by atoms with Gasteiger partial charge < -0.3 is 29.5 Å². The van der Waals surface area contributed by atoms with Gasteiger partial charge in [0, 0.05) is 6.42 Å². The SMILES string of the molecule is CCC(C)(C[C@H]1O[C@@H](n2cnc3c(Cl)ncnc32)[C@H](O)[C@@H]1O)OP(=O)(O)C(C)(O)CC. The fraction of sp³-hybridized carbons (Fsp3) is 0.722. The Labute approximate surface area is 184 Å². The van der Waals surface area contributed by atoms with Gasteiger partial charge in [-0.15, -0.1) is 0 Å². The van der Waals surface area contributed by atoms with Crippen LogP contribution in [0.3, 0.4) is 0 Å². The second-order valence-corrected chi connectivity index (χ2v) is 10.8. The highest BCUT2D eigenvalue weighted by atomic mass is 35.5. The van der Waals surface area contributed by atoms with Crippen molar-refractivity contribution < 1.29 is 34.0 Å². The number of aliphatic hydroxyl groups is 3. The maximum Gasteiger partial charge on any atom is 0.359 e. The summed E-state index contributed by atoms with van der Waals surface area (Å²) >= 11 is 6.02. The number of fused-ring (bicyclic) bond motifs is 1. The largest absolute Gasteiger partial charge is 0.388 e. The van der Waals surface area contributed by atoms with Gasteiger partial charge in [-0.25, -0.2) is 15.0 Å². The smallest absolute Gasteiger partial charge is 0.359 e. The average Bonchev–Trinajstić information content (AvgIpc) is 3.25. The summed E-state index contributed by atoms with van der Waals surface area (Å²) in [6, 6.07) is 0. The maximum absolute atomic E-state index is 12.7. The second kappa shape index (κ2) is 8.64. The van der Waals surface area contributed by atoms with Crippen molar-refractivity contribution >= 4 is 30.4 Å². The summed E-state index contributed by atoms with van der Waals surface area (Å²) in [5.41, 5.74) is -0.570. The Hall–Kier alpha value is -1.17. The third-order valence-corrected chi connectivity index (χ3v) is 8.43. The zero-order valence-corrected chi connectivity index (χ0v) is 19.4. The van der Waals surface area contributed by atoms with E-state index in [0.29, 0.717) is 17.6 Å². The van der Waals surface area contributed by atoms with Gasteiger partial charge >= 0.3 is 7.60 Å². The van der Waals surface area contributed by atoms with Crippen molar-refractivity contribution in [1.29, 1.82) is 0 Å². The number of nitrogens with zero attached hydrogens (tertiary/aromatic N) is 4. The third-order valence-electron chi connectivity index (χ3n) is 5.93. The molecule has 2 aromatic heterocycles. The van der Waals surface area contributed by atoms with Crippen LogP contribution in [-0.4, -0.2) is 69.0 Å². The fourth-order valence-corrected chi connectivity index (χ4v) is 4.98. The predicted molar refractivity (Wildman–Crippen MR) is 111 cm³/mol. The molecule has 3 unspecified atom stereocenters. The van der Waals surface area contributed by atoms with Crippen LogP contribution in [0.2, 0.25) is 5.15 Å². The number of imidazole rings is 1. The van der Waals surface area contributed by atoms with E-state index < -0.39 is 43.1 Å². The van der Waals surface area contributed by atoms with Gasteiger partial charge in [0.25, 0.3) is 0 Å². The van der Waals surface area contributed by atoms with Crippen molar-refractivity contribution in [3.8, 4) is 0 Å². The lowest BCUT2D eigenvalue weighted by Gasteiger charge is -2.37. The molecule has 0 radical (unpaired) electrons. The van der Waals surface area contributed by atoms with E-state index in [0.717, 1.165) is 0 Å². The van der Waals surface area contributed by atoms with Crippen LogP contribution in [0, 0.1) is 0 Å². The van der Waals surface area contributed by atoms with Crippen LogP contribution in [0.1, 0.15) is 53.2 Å². The number of aliphatic hydroxyl groups excluding tert-OH is 2. The Morgan fingerprint density at radius 1 is 1.23 bits per heavy atom. The molecule has 1 fully saturated rings. The van der Waals surface area contributed by atoms with E-state index in [4.69, 9.17) is 20.9 Å². The van der Waals surface area contributed by atoms with Gasteiger partial charge in [-0.2, -0.15) is 0 Å². The van der Waals surface area contributed by atoms with Gasteiger partial charge in [0.2, 0.25) is 0 Å². The van der Waals surface area contributed by atoms with Crippen LogP contribution in [-0.2, 0) is 13.8 Å². The fourth-order valence-electron chi connectivity index (χ4n) is 3.41. The average molecular weight is 479 g/mol. The molecule has 4 N–H and O–H groups in total. The van der Waals surface area contributed by atoms with Gasteiger partial charge in [0.1, 0.15) is 24.1 Å². The first-order chi connectivity index (χ1) is 14.4. The molecule has 2 aromatic rings. The van der Waals surface area contributed by atoms with Gasteiger partial charge in [0.05, 0.1) is 18.0 Å². The monoisotopic (exact) mass is 478 g/mol. The Balaban J connectivity index is 1.83. The molecule has 1 aliphatic heterocycles. The molecule has 1 aliphatic rings. The molecule has 0 amide bonds. The van der Waals surface area contributed by atoms with Crippen LogP contribution >= 0.6 is 19.2 Å². The van der Waals surface area contributed by atoms with Gasteiger partial charge in [0.15, 0.2) is 22.4 Å². The number of aromatic nitrogens is 4. The highest BCUT2D eigenvalue weighted by molar-refractivity contribution is 7.54. The van der Waals surface area contributed by atoms with Crippen molar-refractivity contribution in [1.82, 2.24) is 19.5 Å². The molecule has 0 aromatic carbocycles. The van der Waals surface area contributed by atoms with Crippen molar-refractivity contribution in [2.45, 2.75) is 82.4 Å². The summed E-state index contributed by atoms with van der Waals surface area (Å²) in [4.78, 5) is 22.4. The summed E-state index contributed by atoms with van der Waals surface area (Å²) < 4.78 is 25.6. The lowest BCUT2D eigenvalue weighted by atomic mass is 9.93. The first-order valence-corrected chi connectivity index (χ1v) is 11.9. The minimum atomic E-state index is -4.42. The number of ether oxygens (including phenoxy) is 1. The molecule has 0 spiro atoms. The molecule has 0 aliphatic carbocycles. The standard InChI is InChI=1S/C18H28ClN4O7P/c1-5-17(3,30-31(27,28)18(4,26)6-2)7-10-12(24)13(25)16(29-10)23-9-22-11-14(19)20-8-21-15(11)23/h8-10,12-13,16,24-26H,5-7H2,1-4H3,(H,27,28)/t10-,12-,13-,16-,17?,18?/m1/s1. The summed E-state index contributed by atoms with van der Waals surface area (Å²) in [6.07, 6.45) is -1.64. The van der Waals surface area contributed by atoms with E-state index in [9.17, 15) is 24.8 Å². The normalized spacial score (nSPS) is 30.1. The van der Waals surface area contributed by atoms with Gasteiger partial charge in [-0.3, -0.25) is 9.13 Å². The van der Waals surface area contributed by atoms with Gasteiger partial charge in [-0.1, -0.05) is 25.4 Å². The summed E-state index contributed by atoms with van der Waals surface area (Å²) in [5.74, 6) is 0. The lowest BCUT2D eigenvalue weighted by Crippen LogP contribution is -2.40. The Morgan fingerprint density at radius 3 is 2.52 bits per heavy atom. The molecule has 11 nitrogen and oxygen atoms in total. The summed E-state index contributed by atoms with van der Waals surface area (Å²) in [6.45, 7) is 6.16.